The summed E-state index contributed by atoms with van der Waals surface area (Å²) >= 11 is 0. The molecule has 0 radical (unpaired) electrons. The van der Waals surface area contributed by atoms with E-state index < -0.39 is 11.0 Å². The van der Waals surface area contributed by atoms with Crippen LogP contribution in [0.25, 0.3) is 0 Å². The lowest BCUT2D eigenvalue weighted by atomic mass is 9.73. The van der Waals surface area contributed by atoms with E-state index in [9.17, 15) is 4.79 Å². The van der Waals surface area contributed by atoms with Crippen LogP contribution in [0.4, 0.5) is 0 Å². The minimum atomic E-state index is -0.567. The van der Waals surface area contributed by atoms with Crippen LogP contribution in [0, 0.1) is 5.41 Å². The summed E-state index contributed by atoms with van der Waals surface area (Å²) in [5.41, 5.74) is 6.20. The fraction of sp³-hybridized carbons (Fsp3) is 0.733. The van der Waals surface area contributed by atoms with Crippen molar-refractivity contribution in [3.8, 4) is 0 Å². The van der Waals surface area contributed by atoms with Gasteiger partial charge >= 0.3 is 0 Å². The Morgan fingerprint density at radius 2 is 2.15 bits per heavy atom. The van der Waals surface area contributed by atoms with Gasteiger partial charge in [-0.05, 0) is 46.6 Å². The largest absolute Gasteiger partial charge is 0.342 e. The van der Waals surface area contributed by atoms with Crippen molar-refractivity contribution in [2.75, 3.05) is 13.1 Å². The first-order chi connectivity index (χ1) is 9.23. The molecule has 5 nitrogen and oxygen atoms in total. The van der Waals surface area contributed by atoms with Gasteiger partial charge in [-0.1, -0.05) is 0 Å². The van der Waals surface area contributed by atoms with Gasteiger partial charge in [0.1, 0.15) is 0 Å². The molecule has 2 rings (SSSR count). The molecule has 1 unspecified atom stereocenters. The molecule has 1 aromatic rings. The normalized spacial score (nSPS) is 21.1. The number of carbonyl (C=O) groups is 1. The maximum absolute atomic E-state index is 12.8. The molecular formula is C15H26N4O. The zero-order valence-corrected chi connectivity index (χ0v) is 12.9. The van der Waals surface area contributed by atoms with Gasteiger partial charge < -0.3 is 10.6 Å². The number of piperidine rings is 1. The Bertz CT molecular complexity index is 459. The molecule has 3 N–H and O–H groups in total. The third-order valence-corrected chi connectivity index (χ3v) is 4.82. The summed E-state index contributed by atoms with van der Waals surface area (Å²) in [5, 5.41) is 7.03. The topological polar surface area (TPSA) is 75.0 Å². The van der Waals surface area contributed by atoms with Crippen molar-refractivity contribution in [3.05, 3.63) is 18.0 Å². The summed E-state index contributed by atoms with van der Waals surface area (Å²) in [6.07, 6.45) is 3.89. The van der Waals surface area contributed by atoms with E-state index in [1.165, 1.54) is 0 Å². The van der Waals surface area contributed by atoms with E-state index in [2.05, 4.69) is 10.2 Å². The number of amides is 1. The van der Waals surface area contributed by atoms with Gasteiger partial charge in [0, 0.05) is 36.4 Å². The standard InChI is InChI=1S/C15H26N4O/c1-14(2,15(3,4)16)13(20)19-9-5-6-11(10-19)12-7-8-17-18-12/h7-8,11H,5-6,9-10,16H2,1-4H3,(H,17,18). The molecule has 1 aliphatic heterocycles. The molecule has 1 aromatic heterocycles. The Labute approximate surface area is 120 Å². The van der Waals surface area contributed by atoms with E-state index in [0.717, 1.165) is 31.6 Å². The highest BCUT2D eigenvalue weighted by atomic mass is 16.2. The van der Waals surface area contributed by atoms with E-state index in [4.69, 9.17) is 5.73 Å². The number of aromatic nitrogens is 2. The summed E-state index contributed by atoms with van der Waals surface area (Å²) in [6.45, 7) is 9.29. The van der Waals surface area contributed by atoms with Gasteiger partial charge in [-0.15, -0.1) is 0 Å². The Kier molecular flexibility index (Phi) is 3.91. The second-order valence-corrected chi connectivity index (χ2v) is 6.95. The number of carbonyl (C=O) groups excluding carboxylic acids is 1. The monoisotopic (exact) mass is 278 g/mol. The number of hydrogen-bond acceptors (Lipinski definition) is 3. The van der Waals surface area contributed by atoms with Crippen LogP contribution in [0.5, 0.6) is 0 Å². The Hall–Kier alpha value is -1.36. The molecule has 1 amide bonds. The fourth-order valence-corrected chi connectivity index (χ4v) is 2.58. The third kappa shape index (κ3) is 2.73. The van der Waals surface area contributed by atoms with Crippen LogP contribution < -0.4 is 5.73 Å². The van der Waals surface area contributed by atoms with E-state index in [1.54, 1.807) is 6.20 Å². The van der Waals surface area contributed by atoms with Crippen LogP contribution >= 0.6 is 0 Å². The number of nitrogens with two attached hydrogens (primary N) is 1. The zero-order valence-electron chi connectivity index (χ0n) is 12.9. The van der Waals surface area contributed by atoms with Crippen LogP contribution in [0.15, 0.2) is 12.3 Å². The zero-order chi connectivity index (χ0) is 15.0. The minimum Gasteiger partial charge on any atom is -0.342 e. The molecule has 0 aromatic carbocycles. The number of aromatic amines is 1. The molecule has 0 saturated carbocycles. The van der Waals surface area contributed by atoms with Crippen molar-refractivity contribution in [2.45, 2.75) is 52.0 Å². The lowest BCUT2D eigenvalue weighted by molar-refractivity contribution is -0.144. The van der Waals surface area contributed by atoms with Crippen molar-refractivity contribution in [1.82, 2.24) is 15.1 Å². The smallest absolute Gasteiger partial charge is 0.230 e. The molecule has 20 heavy (non-hydrogen) atoms. The first kappa shape index (κ1) is 15.0. The van der Waals surface area contributed by atoms with Crippen LogP contribution in [-0.4, -0.2) is 39.6 Å². The second kappa shape index (κ2) is 5.20. The first-order valence-electron chi connectivity index (χ1n) is 7.31. The average Bonchev–Trinajstić information content (AvgIpc) is 2.90. The highest BCUT2D eigenvalue weighted by Crippen LogP contribution is 2.33. The highest BCUT2D eigenvalue weighted by molar-refractivity contribution is 5.83. The Morgan fingerprint density at radius 3 is 2.70 bits per heavy atom. The predicted molar refractivity (Wildman–Crippen MR) is 79.2 cm³/mol. The number of H-pyrrole nitrogens is 1. The fourth-order valence-electron chi connectivity index (χ4n) is 2.58. The predicted octanol–water partition coefficient (Wildman–Crippen LogP) is 1.88. The first-order valence-corrected chi connectivity index (χ1v) is 7.31. The van der Waals surface area contributed by atoms with Crippen molar-refractivity contribution >= 4 is 5.91 Å². The summed E-state index contributed by atoms with van der Waals surface area (Å²) < 4.78 is 0. The maximum Gasteiger partial charge on any atom is 0.230 e. The van der Waals surface area contributed by atoms with Crippen LogP contribution in [-0.2, 0) is 4.79 Å². The van der Waals surface area contributed by atoms with Gasteiger partial charge in [0.05, 0.1) is 5.41 Å². The SMILES string of the molecule is CC(C)(N)C(C)(C)C(=O)N1CCCC(c2ccn[nH]2)C1. The molecule has 0 bridgehead atoms. The molecule has 1 aliphatic rings. The lowest BCUT2D eigenvalue weighted by Crippen LogP contribution is -2.57. The summed E-state index contributed by atoms with van der Waals surface area (Å²) in [4.78, 5) is 14.8. The van der Waals surface area contributed by atoms with E-state index in [-0.39, 0.29) is 5.91 Å². The molecule has 1 saturated heterocycles. The van der Waals surface area contributed by atoms with Crippen LogP contribution in [0.2, 0.25) is 0 Å². The summed E-state index contributed by atoms with van der Waals surface area (Å²) in [5.74, 6) is 0.501. The molecule has 1 atom stereocenters. The number of nitrogens with zero attached hydrogens (tertiary/aromatic N) is 2. The quantitative estimate of drug-likeness (QED) is 0.886. The second-order valence-electron chi connectivity index (χ2n) is 6.95. The number of rotatable bonds is 3. The van der Waals surface area contributed by atoms with E-state index in [1.807, 2.05) is 38.7 Å². The van der Waals surface area contributed by atoms with Crippen LogP contribution in [0.1, 0.15) is 52.1 Å². The van der Waals surface area contributed by atoms with Gasteiger partial charge in [0.15, 0.2) is 0 Å². The van der Waals surface area contributed by atoms with Crippen molar-refractivity contribution in [2.24, 2.45) is 11.1 Å². The maximum atomic E-state index is 12.8. The molecule has 0 spiro atoms. The van der Waals surface area contributed by atoms with Crippen molar-refractivity contribution < 1.29 is 4.79 Å². The minimum absolute atomic E-state index is 0.147. The molecule has 2 heterocycles. The van der Waals surface area contributed by atoms with Crippen molar-refractivity contribution in [3.63, 3.8) is 0 Å². The van der Waals surface area contributed by atoms with Gasteiger partial charge in [-0.25, -0.2) is 0 Å². The Morgan fingerprint density at radius 1 is 1.45 bits per heavy atom. The molecule has 0 aliphatic carbocycles. The number of hydrogen-bond donors (Lipinski definition) is 2. The average molecular weight is 278 g/mol. The number of likely N-dealkylation sites (tertiary alicyclic amines) is 1. The van der Waals surface area contributed by atoms with Gasteiger partial charge in [-0.3, -0.25) is 9.89 Å². The van der Waals surface area contributed by atoms with Crippen molar-refractivity contribution in [1.29, 1.82) is 0 Å². The van der Waals surface area contributed by atoms with Gasteiger partial charge in [0.2, 0.25) is 5.91 Å². The Balaban J connectivity index is 2.11. The van der Waals surface area contributed by atoms with Crippen LogP contribution in [0.3, 0.4) is 0 Å². The summed E-state index contributed by atoms with van der Waals surface area (Å²) in [7, 11) is 0. The molecule has 112 valence electrons. The number of nitrogens with one attached hydrogen (secondary N) is 1. The lowest BCUT2D eigenvalue weighted by Gasteiger charge is -2.43. The van der Waals surface area contributed by atoms with Gasteiger partial charge in [0.25, 0.3) is 0 Å². The molecule has 1 fully saturated rings. The van der Waals surface area contributed by atoms with Gasteiger partial charge in [-0.2, -0.15) is 5.10 Å². The van der Waals surface area contributed by atoms with E-state index in [0.29, 0.717) is 5.92 Å². The van der Waals surface area contributed by atoms with E-state index >= 15 is 0 Å². The third-order valence-electron chi connectivity index (χ3n) is 4.82. The summed E-state index contributed by atoms with van der Waals surface area (Å²) in [6, 6.07) is 2.00. The highest BCUT2D eigenvalue weighted by Gasteiger charge is 2.43. The molecule has 5 heteroatoms. The molecular weight excluding hydrogens is 252 g/mol.